The maximum Gasteiger partial charge on any atom is 0.227 e. The molecule has 0 unspecified atom stereocenters. The SMILES string of the molecule is COC[C@@H](O)CN(Cc1c(C)nn(-c2ccccc2)c1Oc1cccc(F)c1)C1CC1. The molecule has 4 rings (SSSR count). The minimum Gasteiger partial charge on any atom is -0.438 e. The van der Waals surface area contributed by atoms with E-state index < -0.39 is 6.10 Å². The molecule has 1 saturated carbocycles. The van der Waals surface area contributed by atoms with E-state index in [-0.39, 0.29) is 12.4 Å². The average molecular weight is 426 g/mol. The van der Waals surface area contributed by atoms with Crippen molar-refractivity contribution < 1.29 is 19.0 Å². The molecule has 164 valence electrons. The molecule has 7 heteroatoms. The second kappa shape index (κ2) is 9.60. The van der Waals surface area contributed by atoms with Gasteiger partial charge in [0.25, 0.3) is 0 Å². The lowest BCUT2D eigenvalue weighted by atomic mass is 10.2. The Labute approximate surface area is 181 Å². The lowest BCUT2D eigenvalue weighted by molar-refractivity contribution is 0.0335. The first-order chi connectivity index (χ1) is 15.0. The normalized spacial score (nSPS) is 14.7. The Bertz CT molecular complexity index is 1000. The number of nitrogens with zero attached hydrogens (tertiary/aromatic N) is 3. The van der Waals surface area contributed by atoms with Crippen molar-refractivity contribution in [3.8, 4) is 17.3 Å². The number of methoxy groups -OCH3 is 1. The predicted molar refractivity (Wildman–Crippen MR) is 116 cm³/mol. The highest BCUT2D eigenvalue weighted by Gasteiger charge is 2.32. The third-order valence-electron chi connectivity index (χ3n) is 5.38. The fourth-order valence-corrected chi connectivity index (χ4v) is 3.71. The lowest BCUT2D eigenvalue weighted by Crippen LogP contribution is -2.36. The molecule has 1 aliphatic carbocycles. The van der Waals surface area contributed by atoms with Crippen LogP contribution in [0.3, 0.4) is 0 Å². The molecule has 1 aliphatic rings. The summed E-state index contributed by atoms with van der Waals surface area (Å²) in [6.07, 6.45) is 1.64. The fourth-order valence-electron chi connectivity index (χ4n) is 3.71. The molecule has 31 heavy (non-hydrogen) atoms. The van der Waals surface area contributed by atoms with Gasteiger partial charge in [-0.3, -0.25) is 4.90 Å². The van der Waals surface area contributed by atoms with Gasteiger partial charge in [-0.05, 0) is 44.0 Å². The van der Waals surface area contributed by atoms with E-state index in [0.717, 1.165) is 29.8 Å². The van der Waals surface area contributed by atoms with Gasteiger partial charge >= 0.3 is 0 Å². The Morgan fingerprint density at radius 2 is 1.97 bits per heavy atom. The van der Waals surface area contributed by atoms with Gasteiger partial charge in [0.1, 0.15) is 11.6 Å². The number of hydrogen-bond donors (Lipinski definition) is 1. The van der Waals surface area contributed by atoms with E-state index in [0.29, 0.717) is 30.8 Å². The minimum atomic E-state index is -0.567. The zero-order valence-corrected chi connectivity index (χ0v) is 17.9. The molecule has 1 heterocycles. The van der Waals surface area contributed by atoms with Crippen LogP contribution >= 0.6 is 0 Å². The predicted octanol–water partition coefficient (Wildman–Crippen LogP) is 4.08. The van der Waals surface area contributed by atoms with Gasteiger partial charge in [-0.25, -0.2) is 9.07 Å². The topological polar surface area (TPSA) is 59.8 Å². The molecule has 0 saturated heterocycles. The summed E-state index contributed by atoms with van der Waals surface area (Å²) in [6.45, 7) is 3.32. The van der Waals surface area contributed by atoms with Gasteiger partial charge in [0.2, 0.25) is 5.88 Å². The van der Waals surface area contributed by atoms with Gasteiger partial charge in [0.15, 0.2) is 0 Å². The van der Waals surface area contributed by atoms with E-state index in [1.165, 1.54) is 12.1 Å². The van der Waals surface area contributed by atoms with Gasteiger partial charge < -0.3 is 14.6 Å². The van der Waals surface area contributed by atoms with Crippen molar-refractivity contribution in [2.24, 2.45) is 0 Å². The largest absolute Gasteiger partial charge is 0.438 e. The Morgan fingerprint density at radius 3 is 2.65 bits per heavy atom. The third-order valence-corrected chi connectivity index (χ3v) is 5.38. The monoisotopic (exact) mass is 425 g/mol. The van der Waals surface area contributed by atoms with Crippen molar-refractivity contribution in [3.63, 3.8) is 0 Å². The molecular formula is C24H28FN3O3. The van der Waals surface area contributed by atoms with Crippen molar-refractivity contribution in [1.29, 1.82) is 0 Å². The highest BCUT2D eigenvalue weighted by Crippen LogP contribution is 2.35. The van der Waals surface area contributed by atoms with Crippen LogP contribution in [-0.4, -0.2) is 52.2 Å². The number of halogens is 1. The van der Waals surface area contributed by atoms with Crippen LogP contribution in [0.2, 0.25) is 0 Å². The molecule has 0 amide bonds. The molecule has 1 N–H and O–H groups in total. The van der Waals surface area contributed by atoms with E-state index in [2.05, 4.69) is 4.90 Å². The molecule has 1 fully saturated rings. The molecule has 0 radical (unpaired) electrons. The van der Waals surface area contributed by atoms with Gasteiger partial charge in [-0.15, -0.1) is 0 Å². The van der Waals surface area contributed by atoms with Crippen LogP contribution < -0.4 is 4.74 Å². The molecule has 2 aromatic carbocycles. The number of aliphatic hydroxyl groups excluding tert-OH is 1. The zero-order chi connectivity index (χ0) is 21.8. The zero-order valence-electron chi connectivity index (χ0n) is 17.9. The van der Waals surface area contributed by atoms with Gasteiger partial charge in [-0.2, -0.15) is 5.10 Å². The Morgan fingerprint density at radius 1 is 1.19 bits per heavy atom. The van der Waals surface area contributed by atoms with Crippen LogP contribution in [0.4, 0.5) is 4.39 Å². The third kappa shape index (κ3) is 5.31. The van der Waals surface area contributed by atoms with Gasteiger partial charge in [0.05, 0.1) is 29.7 Å². The van der Waals surface area contributed by atoms with Crippen molar-refractivity contribution in [1.82, 2.24) is 14.7 Å². The quantitative estimate of drug-likeness (QED) is 0.530. The standard InChI is InChI=1S/C24H28FN3O3/c1-17-23(15-27(19-11-12-19)14-21(29)16-30-2)24(31-22-10-6-7-18(25)13-22)28(26-17)20-8-4-3-5-9-20/h3-10,13,19,21,29H,11-12,14-16H2,1-2H3/t21-/m0/s1. The van der Waals surface area contributed by atoms with E-state index in [4.69, 9.17) is 14.6 Å². The number of ether oxygens (including phenoxy) is 2. The van der Waals surface area contributed by atoms with Crippen LogP contribution in [0, 0.1) is 12.7 Å². The number of aryl methyl sites for hydroxylation is 1. The molecular weight excluding hydrogens is 397 g/mol. The molecule has 0 bridgehead atoms. The molecule has 0 aliphatic heterocycles. The summed E-state index contributed by atoms with van der Waals surface area (Å²) in [5.41, 5.74) is 2.62. The molecule has 6 nitrogen and oxygen atoms in total. The van der Waals surface area contributed by atoms with Crippen molar-refractivity contribution in [2.75, 3.05) is 20.3 Å². The Hall–Kier alpha value is -2.74. The smallest absolute Gasteiger partial charge is 0.227 e. The van der Waals surface area contributed by atoms with E-state index in [1.807, 2.05) is 37.3 Å². The first-order valence-electron chi connectivity index (χ1n) is 10.5. The average Bonchev–Trinajstić information content (AvgIpc) is 3.55. The summed E-state index contributed by atoms with van der Waals surface area (Å²) in [5.74, 6) is 0.612. The summed E-state index contributed by atoms with van der Waals surface area (Å²) >= 11 is 0. The van der Waals surface area contributed by atoms with Crippen molar-refractivity contribution in [3.05, 3.63) is 71.7 Å². The van der Waals surface area contributed by atoms with Crippen LogP contribution in [-0.2, 0) is 11.3 Å². The number of benzene rings is 2. The summed E-state index contributed by atoms with van der Waals surface area (Å²) in [6, 6.07) is 16.3. The Balaban J connectivity index is 1.69. The maximum absolute atomic E-state index is 13.8. The van der Waals surface area contributed by atoms with E-state index in [9.17, 15) is 9.50 Å². The van der Waals surface area contributed by atoms with Gasteiger partial charge in [-0.1, -0.05) is 24.3 Å². The summed E-state index contributed by atoms with van der Waals surface area (Å²) < 4.78 is 26.8. The number of aromatic nitrogens is 2. The highest BCUT2D eigenvalue weighted by atomic mass is 19.1. The number of aliphatic hydroxyl groups is 1. The van der Waals surface area contributed by atoms with Crippen LogP contribution in [0.25, 0.3) is 5.69 Å². The first kappa shape index (κ1) is 21.5. The van der Waals surface area contributed by atoms with Crippen molar-refractivity contribution in [2.45, 2.75) is 38.5 Å². The highest BCUT2D eigenvalue weighted by molar-refractivity contribution is 5.43. The second-order valence-corrected chi connectivity index (χ2v) is 7.95. The number of rotatable bonds is 10. The molecule has 3 aromatic rings. The van der Waals surface area contributed by atoms with E-state index >= 15 is 0 Å². The number of hydrogen-bond acceptors (Lipinski definition) is 5. The van der Waals surface area contributed by atoms with Crippen LogP contribution in [0.15, 0.2) is 54.6 Å². The fraction of sp³-hybridized carbons (Fsp3) is 0.375. The minimum absolute atomic E-state index is 0.290. The number of para-hydroxylation sites is 1. The van der Waals surface area contributed by atoms with Crippen LogP contribution in [0.1, 0.15) is 24.1 Å². The summed E-state index contributed by atoms with van der Waals surface area (Å²) in [5, 5.41) is 15.0. The summed E-state index contributed by atoms with van der Waals surface area (Å²) in [4.78, 5) is 2.25. The Kier molecular flexibility index (Phi) is 6.65. The second-order valence-electron chi connectivity index (χ2n) is 7.95. The lowest BCUT2D eigenvalue weighted by Gasteiger charge is -2.25. The molecule has 1 atom stereocenters. The van der Waals surface area contributed by atoms with E-state index in [1.54, 1.807) is 23.9 Å². The molecule has 1 aromatic heterocycles. The van der Waals surface area contributed by atoms with Crippen molar-refractivity contribution >= 4 is 0 Å². The van der Waals surface area contributed by atoms with Crippen LogP contribution in [0.5, 0.6) is 11.6 Å². The molecule has 0 spiro atoms. The first-order valence-corrected chi connectivity index (χ1v) is 10.5. The maximum atomic E-state index is 13.8. The van der Waals surface area contributed by atoms with Gasteiger partial charge in [0, 0.05) is 32.3 Å². The summed E-state index contributed by atoms with van der Waals surface area (Å²) in [7, 11) is 1.59.